The zero-order chi connectivity index (χ0) is 7.14. The molecule has 1 fully saturated rings. The highest BCUT2D eigenvalue weighted by Crippen LogP contribution is 2.34. The van der Waals surface area contributed by atoms with Crippen LogP contribution in [0, 0.1) is 11.6 Å². The molecule has 10 heavy (non-hydrogen) atoms. The van der Waals surface area contributed by atoms with Gasteiger partial charge in [0.2, 0.25) is 0 Å². The van der Waals surface area contributed by atoms with Gasteiger partial charge in [-0.1, -0.05) is 12.2 Å². The second-order valence-electron chi connectivity index (χ2n) is 2.86. The molecule has 2 nitrogen and oxygen atoms in total. The van der Waals surface area contributed by atoms with Crippen molar-refractivity contribution in [1.29, 1.82) is 0 Å². The van der Waals surface area contributed by atoms with Crippen LogP contribution in [0.4, 0.5) is 0 Å². The minimum Gasteiger partial charge on any atom is -0.304 e. The zero-order valence-corrected chi connectivity index (χ0v) is 6.74. The fourth-order valence-corrected chi connectivity index (χ4v) is 1.34. The van der Waals surface area contributed by atoms with E-state index in [2.05, 4.69) is 9.78 Å². The molecule has 0 radical (unpaired) electrons. The molecular formula is C7H10N2S. The summed E-state index contributed by atoms with van der Waals surface area (Å²) in [6.45, 7) is 2.04. The summed E-state index contributed by atoms with van der Waals surface area (Å²) in [7, 11) is 0. The molecule has 0 bridgehead atoms. The number of nitrogens with one attached hydrogen (secondary N) is 1. The van der Waals surface area contributed by atoms with Gasteiger partial charge in [-0.3, -0.25) is 4.68 Å². The van der Waals surface area contributed by atoms with Gasteiger partial charge in [0.25, 0.3) is 0 Å². The predicted molar refractivity (Wildman–Crippen MR) is 42.6 cm³/mol. The van der Waals surface area contributed by atoms with Crippen molar-refractivity contribution in [2.45, 2.75) is 25.8 Å². The summed E-state index contributed by atoms with van der Waals surface area (Å²) in [5.41, 5.74) is 1.18. The molecule has 1 saturated carbocycles. The van der Waals surface area contributed by atoms with Crippen LogP contribution >= 0.6 is 12.2 Å². The number of nitrogens with zero attached hydrogens (tertiary/aromatic N) is 1. The molecule has 0 saturated heterocycles. The molecule has 0 unspecified atom stereocenters. The zero-order valence-electron chi connectivity index (χ0n) is 5.92. The van der Waals surface area contributed by atoms with Crippen molar-refractivity contribution in [3.8, 4) is 0 Å². The van der Waals surface area contributed by atoms with Gasteiger partial charge in [0.1, 0.15) is 4.64 Å². The minimum absolute atomic E-state index is 0.682. The number of hydrogen-bond acceptors (Lipinski definition) is 1. The van der Waals surface area contributed by atoms with Crippen LogP contribution in [0.3, 0.4) is 0 Å². The molecule has 3 heteroatoms. The van der Waals surface area contributed by atoms with Crippen LogP contribution in [0.25, 0.3) is 0 Å². The van der Waals surface area contributed by atoms with Gasteiger partial charge in [-0.25, -0.2) is 0 Å². The highest BCUT2D eigenvalue weighted by atomic mass is 32.1. The number of hydrogen-bond donors (Lipinski definition) is 1. The highest BCUT2D eigenvalue weighted by molar-refractivity contribution is 7.71. The maximum absolute atomic E-state index is 5.17. The second-order valence-corrected chi connectivity index (χ2v) is 3.25. The Balaban J connectivity index is 2.50. The lowest BCUT2D eigenvalue weighted by atomic mass is 10.4. The van der Waals surface area contributed by atoms with Crippen LogP contribution in [-0.2, 0) is 0 Å². The quantitative estimate of drug-likeness (QED) is 0.615. The van der Waals surface area contributed by atoms with Gasteiger partial charge >= 0.3 is 0 Å². The highest BCUT2D eigenvalue weighted by Gasteiger charge is 2.24. The Morgan fingerprint density at radius 1 is 1.70 bits per heavy atom. The lowest BCUT2D eigenvalue weighted by Gasteiger charge is -1.95. The van der Waals surface area contributed by atoms with E-state index in [0.29, 0.717) is 6.04 Å². The van der Waals surface area contributed by atoms with Gasteiger partial charge in [-0.2, -0.15) is 0 Å². The Morgan fingerprint density at radius 3 is 2.80 bits per heavy atom. The fourth-order valence-electron chi connectivity index (χ4n) is 1.08. The summed E-state index contributed by atoms with van der Waals surface area (Å²) in [5, 5.41) is 3.15. The summed E-state index contributed by atoms with van der Waals surface area (Å²) in [4.78, 5) is 0. The Bertz CT molecular complexity index is 293. The molecular weight excluding hydrogens is 144 g/mol. The van der Waals surface area contributed by atoms with Crippen molar-refractivity contribution in [2.24, 2.45) is 0 Å². The van der Waals surface area contributed by atoms with Crippen LogP contribution in [0.5, 0.6) is 0 Å². The number of H-pyrrole nitrogens is 1. The summed E-state index contributed by atoms with van der Waals surface area (Å²) in [5.74, 6) is 0. The van der Waals surface area contributed by atoms with Gasteiger partial charge in [0.15, 0.2) is 0 Å². The molecule has 0 amide bonds. The number of rotatable bonds is 1. The van der Waals surface area contributed by atoms with E-state index in [-0.39, 0.29) is 0 Å². The fraction of sp³-hybridized carbons (Fsp3) is 0.571. The third-order valence-electron chi connectivity index (χ3n) is 1.89. The molecule has 0 aromatic carbocycles. The first-order valence-electron chi connectivity index (χ1n) is 3.55. The molecule has 0 atom stereocenters. The van der Waals surface area contributed by atoms with E-state index in [9.17, 15) is 0 Å². The van der Waals surface area contributed by atoms with E-state index in [1.54, 1.807) is 0 Å². The maximum atomic E-state index is 5.17. The largest absolute Gasteiger partial charge is 0.304 e. The average molecular weight is 154 g/mol. The molecule has 1 aromatic rings. The molecule has 1 aliphatic rings. The van der Waals surface area contributed by atoms with E-state index in [1.165, 1.54) is 18.4 Å². The molecule has 0 aliphatic heterocycles. The van der Waals surface area contributed by atoms with Crippen LogP contribution < -0.4 is 0 Å². The number of aryl methyl sites for hydroxylation is 1. The van der Waals surface area contributed by atoms with Gasteiger partial charge in [0.05, 0.1) is 6.04 Å². The maximum Gasteiger partial charge on any atom is 0.125 e. The molecule has 1 aliphatic carbocycles. The average Bonchev–Trinajstić information content (AvgIpc) is 2.67. The van der Waals surface area contributed by atoms with Crippen molar-refractivity contribution in [1.82, 2.24) is 9.78 Å². The Hall–Kier alpha value is -0.570. The van der Waals surface area contributed by atoms with Gasteiger partial charge in [-0.05, 0) is 19.8 Å². The van der Waals surface area contributed by atoms with E-state index in [0.717, 1.165) is 4.64 Å². The Kier molecular flexibility index (Phi) is 1.20. The van der Waals surface area contributed by atoms with E-state index in [1.807, 2.05) is 13.1 Å². The molecule has 54 valence electrons. The van der Waals surface area contributed by atoms with E-state index >= 15 is 0 Å². The lowest BCUT2D eigenvalue weighted by molar-refractivity contribution is 0.633. The van der Waals surface area contributed by atoms with Crippen molar-refractivity contribution in [3.63, 3.8) is 0 Å². The van der Waals surface area contributed by atoms with Gasteiger partial charge < -0.3 is 5.10 Å². The second kappa shape index (κ2) is 1.95. The van der Waals surface area contributed by atoms with Crippen molar-refractivity contribution < 1.29 is 0 Å². The van der Waals surface area contributed by atoms with Crippen LogP contribution in [0.1, 0.15) is 24.4 Å². The molecule has 1 aromatic heterocycles. The third kappa shape index (κ3) is 0.814. The molecule has 1 N–H and O–H groups in total. The lowest BCUT2D eigenvalue weighted by Crippen LogP contribution is -1.94. The number of aromatic nitrogens is 2. The summed E-state index contributed by atoms with van der Waals surface area (Å²) >= 11 is 5.17. The first kappa shape index (κ1) is 6.16. The van der Waals surface area contributed by atoms with Crippen LogP contribution in [0.2, 0.25) is 0 Å². The Labute approximate surface area is 64.9 Å². The first-order chi connectivity index (χ1) is 4.79. The van der Waals surface area contributed by atoms with Crippen molar-refractivity contribution >= 4 is 12.2 Å². The van der Waals surface area contributed by atoms with Crippen molar-refractivity contribution in [3.05, 3.63) is 16.4 Å². The normalized spacial score (nSPS) is 17.7. The summed E-state index contributed by atoms with van der Waals surface area (Å²) < 4.78 is 3.06. The number of aromatic amines is 1. The van der Waals surface area contributed by atoms with Gasteiger partial charge in [-0.15, -0.1) is 0 Å². The molecule has 0 spiro atoms. The van der Waals surface area contributed by atoms with Crippen LogP contribution in [0.15, 0.2) is 6.20 Å². The molecule has 1 heterocycles. The molecule has 2 rings (SSSR count). The Morgan fingerprint density at radius 2 is 2.40 bits per heavy atom. The third-order valence-corrected chi connectivity index (χ3v) is 2.41. The summed E-state index contributed by atoms with van der Waals surface area (Å²) in [6, 6.07) is 0.682. The van der Waals surface area contributed by atoms with Crippen molar-refractivity contribution in [2.75, 3.05) is 0 Å². The summed E-state index contributed by atoms with van der Waals surface area (Å²) in [6.07, 6.45) is 4.54. The standard InChI is InChI=1S/C7H10N2S/c1-5-4-8-9(7(5)10)6-2-3-6/h4,6,8H,2-3H2,1H3. The SMILES string of the molecule is Cc1c[nH]n(C2CC2)c1=S. The predicted octanol–water partition coefficient (Wildman–Crippen LogP) is 2.19. The smallest absolute Gasteiger partial charge is 0.125 e. The van der Waals surface area contributed by atoms with E-state index in [4.69, 9.17) is 12.2 Å². The van der Waals surface area contributed by atoms with Gasteiger partial charge in [0, 0.05) is 11.8 Å². The minimum atomic E-state index is 0.682. The first-order valence-corrected chi connectivity index (χ1v) is 3.96. The monoisotopic (exact) mass is 154 g/mol. The van der Waals surface area contributed by atoms with Crippen LogP contribution in [-0.4, -0.2) is 9.78 Å². The topological polar surface area (TPSA) is 20.7 Å². The van der Waals surface area contributed by atoms with E-state index < -0.39 is 0 Å².